The Bertz CT molecular complexity index is 764. The number of alkyl halides is 3. The Morgan fingerprint density at radius 3 is 2.48 bits per heavy atom. The normalized spacial score (nSPS) is 11.3. The summed E-state index contributed by atoms with van der Waals surface area (Å²) < 4.78 is 48.7. The summed E-state index contributed by atoms with van der Waals surface area (Å²) in [4.78, 5) is 16.0. The number of carbonyl (C=O) groups is 1. The molecule has 134 valence electrons. The molecular weight excluding hydrogens is 339 g/mol. The van der Waals surface area contributed by atoms with E-state index in [4.69, 9.17) is 9.47 Å². The predicted molar refractivity (Wildman–Crippen MR) is 83.5 cm³/mol. The number of hydrogen-bond acceptors (Lipinski definition) is 5. The molecule has 1 aromatic carbocycles. The Hall–Kier alpha value is -2.81. The average Bonchev–Trinajstić information content (AvgIpc) is 2.53. The van der Waals surface area contributed by atoms with Crippen LogP contribution < -0.4 is 14.9 Å². The molecule has 0 fully saturated rings. The minimum atomic E-state index is -4.49. The van der Waals surface area contributed by atoms with Crippen LogP contribution in [0.4, 0.5) is 13.2 Å². The summed E-state index contributed by atoms with van der Waals surface area (Å²) in [6.45, 7) is 0. The highest BCUT2D eigenvalue weighted by molar-refractivity contribution is 5.92. The number of ether oxygens (including phenoxy) is 2. The highest BCUT2D eigenvalue weighted by atomic mass is 19.4. The molecule has 2 aromatic rings. The molecule has 0 bridgehead atoms. The molecule has 0 aliphatic rings. The molecule has 0 aliphatic carbocycles. The molecule has 9 heteroatoms. The summed E-state index contributed by atoms with van der Waals surface area (Å²) in [6, 6.07) is 7.11. The van der Waals surface area contributed by atoms with Crippen molar-refractivity contribution in [2.45, 2.75) is 6.18 Å². The molecule has 0 atom stereocenters. The number of hydrazine groups is 1. The molecule has 0 saturated carbocycles. The molecular formula is C16H16F3N3O3. The van der Waals surface area contributed by atoms with Crippen LogP contribution in [0.15, 0.2) is 36.4 Å². The zero-order valence-corrected chi connectivity index (χ0v) is 13.7. The first kappa shape index (κ1) is 18.5. The van der Waals surface area contributed by atoms with Crippen molar-refractivity contribution in [1.82, 2.24) is 15.4 Å². The molecule has 0 unspecified atom stereocenters. The van der Waals surface area contributed by atoms with Gasteiger partial charge in [-0.2, -0.15) is 13.2 Å². The first-order valence-corrected chi connectivity index (χ1v) is 7.08. The van der Waals surface area contributed by atoms with E-state index in [0.29, 0.717) is 0 Å². The van der Waals surface area contributed by atoms with Gasteiger partial charge in [0.15, 0.2) is 0 Å². The zero-order valence-electron chi connectivity index (χ0n) is 13.7. The van der Waals surface area contributed by atoms with E-state index in [1.165, 1.54) is 36.4 Å². The van der Waals surface area contributed by atoms with Crippen molar-refractivity contribution in [3.05, 3.63) is 47.7 Å². The number of methoxy groups -OCH3 is 1. The maximum atomic E-state index is 12.8. The van der Waals surface area contributed by atoms with E-state index in [1.54, 1.807) is 14.1 Å². The van der Waals surface area contributed by atoms with E-state index in [1.807, 2.05) is 0 Å². The summed E-state index contributed by atoms with van der Waals surface area (Å²) in [7, 11) is 4.63. The fourth-order valence-electron chi connectivity index (χ4n) is 1.88. The molecule has 2 rings (SSSR count). The van der Waals surface area contributed by atoms with Gasteiger partial charge in [-0.15, -0.1) is 0 Å². The van der Waals surface area contributed by atoms with E-state index >= 15 is 0 Å². The highest BCUT2D eigenvalue weighted by Gasteiger charge is 2.30. The smallest absolute Gasteiger partial charge is 0.416 e. The Morgan fingerprint density at radius 1 is 1.16 bits per heavy atom. The van der Waals surface area contributed by atoms with E-state index in [0.717, 1.165) is 12.1 Å². The number of benzene rings is 1. The van der Waals surface area contributed by atoms with Crippen molar-refractivity contribution in [3.8, 4) is 17.4 Å². The van der Waals surface area contributed by atoms with Crippen molar-refractivity contribution in [1.29, 1.82) is 0 Å². The molecule has 1 amide bonds. The fourth-order valence-corrected chi connectivity index (χ4v) is 1.88. The Morgan fingerprint density at radius 2 is 1.88 bits per heavy atom. The Balaban J connectivity index is 2.32. The fraction of sp³-hybridized carbons (Fsp3) is 0.250. The number of amides is 1. The first-order valence-electron chi connectivity index (χ1n) is 7.08. The van der Waals surface area contributed by atoms with Crippen molar-refractivity contribution >= 4 is 5.91 Å². The summed E-state index contributed by atoms with van der Waals surface area (Å²) in [6.07, 6.45) is -4.49. The largest absolute Gasteiger partial charge is 0.496 e. The van der Waals surface area contributed by atoms with Crippen LogP contribution in [0.1, 0.15) is 16.1 Å². The van der Waals surface area contributed by atoms with Gasteiger partial charge in [-0.3, -0.25) is 10.2 Å². The van der Waals surface area contributed by atoms with Crippen molar-refractivity contribution < 1.29 is 27.4 Å². The average molecular weight is 355 g/mol. The number of rotatable bonds is 5. The van der Waals surface area contributed by atoms with Crippen molar-refractivity contribution in [3.63, 3.8) is 0 Å². The number of carbonyl (C=O) groups excluding carboxylic acids is 1. The van der Waals surface area contributed by atoms with Gasteiger partial charge in [-0.1, -0.05) is 6.07 Å². The van der Waals surface area contributed by atoms with Gasteiger partial charge in [0.1, 0.15) is 17.2 Å². The zero-order chi connectivity index (χ0) is 18.6. The summed E-state index contributed by atoms with van der Waals surface area (Å²) in [5, 5.41) is 1.43. The third-order valence-electron chi connectivity index (χ3n) is 2.95. The van der Waals surface area contributed by atoms with Gasteiger partial charge in [0.2, 0.25) is 5.88 Å². The van der Waals surface area contributed by atoms with Crippen LogP contribution in [0.5, 0.6) is 17.4 Å². The molecule has 0 aliphatic heterocycles. The molecule has 25 heavy (non-hydrogen) atoms. The molecule has 1 aromatic heterocycles. The highest BCUT2D eigenvalue weighted by Crippen LogP contribution is 2.33. The first-order chi connectivity index (χ1) is 11.7. The van der Waals surface area contributed by atoms with Crippen LogP contribution in [-0.2, 0) is 6.18 Å². The minimum absolute atomic E-state index is 0.00461. The minimum Gasteiger partial charge on any atom is -0.496 e. The van der Waals surface area contributed by atoms with Gasteiger partial charge < -0.3 is 9.47 Å². The van der Waals surface area contributed by atoms with Crippen LogP contribution in [0.25, 0.3) is 0 Å². The quantitative estimate of drug-likeness (QED) is 0.835. The predicted octanol–water partition coefficient (Wildman–Crippen LogP) is 3.11. The van der Waals surface area contributed by atoms with Gasteiger partial charge in [-0.25, -0.2) is 9.99 Å². The number of nitrogens with zero attached hydrogens (tertiary/aromatic N) is 2. The number of aromatic nitrogens is 1. The van der Waals surface area contributed by atoms with Gasteiger partial charge >= 0.3 is 6.18 Å². The van der Waals surface area contributed by atoms with Crippen LogP contribution >= 0.6 is 0 Å². The summed E-state index contributed by atoms with van der Waals surface area (Å²) >= 11 is 0. The number of hydrogen-bond donors (Lipinski definition) is 1. The Kier molecular flexibility index (Phi) is 5.48. The van der Waals surface area contributed by atoms with Gasteiger partial charge in [-0.05, 0) is 18.2 Å². The lowest BCUT2D eigenvalue weighted by Crippen LogP contribution is -2.36. The van der Waals surface area contributed by atoms with Gasteiger partial charge in [0.25, 0.3) is 5.91 Å². The molecule has 6 nitrogen and oxygen atoms in total. The van der Waals surface area contributed by atoms with E-state index in [2.05, 4.69) is 10.4 Å². The summed E-state index contributed by atoms with van der Waals surface area (Å²) in [5.74, 6) is -0.365. The van der Waals surface area contributed by atoms with Crippen LogP contribution in [0.2, 0.25) is 0 Å². The molecule has 0 radical (unpaired) electrons. The monoisotopic (exact) mass is 355 g/mol. The summed E-state index contributed by atoms with van der Waals surface area (Å²) in [5.41, 5.74) is 1.65. The van der Waals surface area contributed by atoms with Gasteiger partial charge in [0.05, 0.1) is 12.7 Å². The number of halogens is 3. The number of pyridine rings is 1. The third kappa shape index (κ3) is 5.08. The second kappa shape index (κ2) is 7.39. The number of nitrogens with one attached hydrogen (secondary N) is 1. The second-order valence-electron chi connectivity index (χ2n) is 5.19. The van der Waals surface area contributed by atoms with E-state index in [-0.39, 0.29) is 23.1 Å². The standard InChI is InChI=1S/C16H16F3N3O3/c1-22(2)21-15(23)13-8-12(24-3)9-14(20-13)25-11-6-4-5-10(7-11)16(17,18)19/h4-9H,1-3H3,(H,21,23). The van der Waals surface area contributed by atoms with E-state index < -0.39 is 17.6 Å². The van der Waals surface area contributed by atoms with E-state index in [9.17, 15) is 18.0 Å². The van der Waals surface area contributed by atoms with Crippen LogP contribution in [0, 0.1) is 0 Å². The topological polar surface area (TPSA) is 63.7 Å². The lowest BCUT2D eigenvalue weighted by molar-refractivity contribution is -0.137. The Labute approximate surface area is 142 Å². The van der Waals surface area contributed by atoms with Crippen LogP contribution in [-0.4, -0.2) is 37.1 Å². The van der Waals surface area contributed by atoms with Crippen molar-refractivity contribution in [2.75, 3.05) is 21.2 Å². The maximum absolute atomic E-state index is 12.8. The van der Waals surface area contributed by atoms with Crippen molar-refractivity contribution in [2.24, 2.45) is 0 Å². The molecule has 1 heterocycles. The lowest BCUT2D eigenvalue weighted by Gasteiger charge is -2.13. The SMILES string of the molecule is COc1cc(Oc2cccc(C(F)(F)F)c2)nc(C(=O)NN(C)C)c1. The molecule has 0 saturated heterocycles. The van der Waals surface area contributed by atoms with Gasteiger partial charge in [0, 0.05) is 26.2 Å². The van der Waals surface area contributed by atoms with Crippen LogP contribution in [0.3, 0.4) is 0 Å². The lowest BCUT2D eigenvalue weighted by atomic mass is 10.2. The molecule has 0 spiro atoms. The maximum Gasteiger partial charge on any atom is 0.416 e. The molecule has 1 N–H and O–H groups in total. The third-order valence-corrected chi connectivity index (χ3v) is 2.95. The second-order valence-corrected chi connectivity index (χ2v) is 5.19.